The average Bonchev–Trinajstić information content (AvgIpc) is 2.94. The van der Waals surface area contributed by atoms with E-state index in [-0.39, 0.29) is 5.56 Å². The maximum atomic E-state index is 13.5. The standard InChI is InChI=1S/C16H19F3N4O/c1-12-20-21-14(24-12)11-22-7-9-23(10-8-22)15(16(17,18)19)13-5-3-2-4-6-13/h2-6,15H,7-11H2,1H3. The monoisotopic (exact) mass is 340 g/mol. The smallest absolute Gasteiger partial charge is 0.408 e. The lowest BCUT2D eigenvalue weighted by atomic mass is 10.0. The van der Waals surface area contributed by atoms with Crippen molar-refractivity contribution in [1.82, 2.24) is 20.0 Å². The first-order valence-corrected chi connectivity index (χ1v) is 7.80. The van der Waals surface area contributed by atoms with E-state index in [4.69, 9.17) is 4.42 Å². The number of halogens is 3. The Hall–Kier alpha value is -1.93. The molecule has 130 valence electrons. The zero-order valence-electron chi connectivity index (χ0n) is 13.3. The number of benzene rings is 1. The minimum Gasteiger partial charge on any atom is -0.424 e. The molecule has 1 atom stereocenters. The van der Waals surface area contributed by atoms with Gasteiger partial charge in [-0.25, -0.2) is 0 Å². The van der Waals surface area contributed by atoms with Crippen LogP contribution in [0.3, 0.4) is 0 Å². The lowest BCUT2D eigenvalue weighted by Crippen LogP contribution is -2.50. The predicted octanol–water partition coefficient (Wildman–Crippen LogP) is 2.80. The fourth-order valence-electron chi connectivity index (χ4n) is 3.01. The van der Waals surface area contributed by atoms with Gasteiger partial charge in [-0.15, -0.1) is 10.2 Å². The maximum absolute atomic E-state index is 13.5. The van der Waals surface area contributed by atoms with Gasteiger partial charge in [-0.2, -0.15) is 13.2 Å². The van der Waals surface area contributed by atoms with Gasteiger partial charge in [0.05, 0.1) is 6.54 Å². The van der Waals surface area contributed by atoms with Crippen LogP contribution in [0.15, 0.2) is 34.7 Å². The van der Waals surface area contributed by atoms with Crippen LogP contribution in [-0.4, -0.2) is 52.4 Å². The van der Waals surface area contributed by atoms with Gasteiger partial charge in [-0.05, 0) is 5.56 Å². The van der Waals surface area contributed by atoms with E-state index in [0.29, 0.717) is 44.5 Å². The van der Waals surface area contributed by atoms with E-state index < -0.39 is 12.2 Å². The van der Waals surface area contributed by atoms with Crippen molar-refractivity contribution in [2.75, 3.05) is 26.2 Å². The van der Waals surface area contributed by atoms with Crippen LogP contribution in [0.4, 0.5) is 13.2 Å². The molecule has 1 saturated heterocycles. The second-order valence-corrected chi connectivity index (χ2v) is 5.88. The van der Waals surface area contributed by atoms with E-state index in [1.54, 1.807) is 25.1 Å². The molecule has 8 heteroatoms. The molecule has 1 aromatic carbocycles. The van der Waals surface area contributed by atoms with Crippen molar-refractivity contribution >= 4 is 0 Å². The highest BCUT2D eigenvalue weighted by Crippen LogP contribution is 2.38. The zero-order chi connectivity index (χ0) is 17.2. The van der Waals surface area contributed by atoms with Gasteiger partial charge in [0.25, 0.3) is 0 Å². The summed E-state index contributed by atoms with van der Waals surface area (Å²) in [6, 6.07) is 6.51. The van der Waals surface area contributed by atoms with Gasteiger partial charge in [0.15, 0.2) is 0 Å². The summed E-state index contributed by atoms with van der Waals surface area (Å²) in [5, 5.41) is 7.69. The summed E-state index contributed by atoms with van der Waals surface area (Å²) in [4.78, 5) is 3.52. The van der Waals surface area contributed by atoms with Crippen LogP contribution >= 0.6 is 0 Å². The molecular weight excluding hydrogens is 321 g/mol. The van der Waals surface area contributed by atoms with E-state index in [1.807, 2.05) is 4.90 Å². The fraction of sp³-hybridized carbons (Fsp3) is 0.500. The second kappa shape index (κ2) is 6.90. The molecule has 0 saturated carbocycles. The third-order valence-electron chi connectivity index (χ3n) is 4.12. The molecule has 0 N–H and O–H groups in total. The van der Waals surface area contributed by atoms with Gasteiger partial charge in [0, 0.05) is 33.1 Å². The molecule has 24 heavy (non-hydrogen) atoms. The van der Waals surface area contributed by atoms with Crippen LogP contribution in [0.5, 0.6) is 0 Å². The van der Waals surface area contributed by atoms with Crippen molar-refractivity contribution in [2.45, 2.75) is 25.7 Å². The largest absolute Gasteiger partial charge is 0.424 e. The molecule has 0 aliphatic carbocycles. The summed E-state index contributed by atoms with van der Waals surface area (Å²) in [6.45, 7) is 3.92. The summed E-state index contributed by atoms with van der Waals surface area (Å²) in [5.41, 5.74) is 0.283. The minimum atomic E-state index is -4.30. The van der Waals surface area contributed by atoms with Crippen molar-refractivity contribution in [3.8, 4) is 0 Å². The number of piperazine rings is 1. The molecule has 2 heterocycles. The van der Waals surface area contributed by atoms with Crippen molar-refractivity contribution < 1.29 is 17.6 Å². The number of alkyl halides is 3. The molecule has 1 unspecified atom stereocenters. The first-order valence-electron chi connectivity index (χ1n) is 7.80. The maximum Gasteiger partial charge on any atom is 0.408 e. The molecule has 5 nitrogen and oxygen atoms in total. The fourth-order valence-corrected chi connectivity index (χ4v) is 3.01. The summed E-state index contributed by atoms with van der Waals surface area (Å²) in [5.74, 6) is 0.987. The number of rotatable bonds is 4. The third-order valence-corrected chi connectivity index (χ3v) is 4.12. The highest BCUT2D eigenvalue weighted by atomic mass is 19.4. The van der Waals surface area contributed by atoms with Crippen molar-refractivity contribution in [2.24, 2.45) is 0 Å². The highest BCUT2D eigenvalue weighted by molar-refractivity contribution is 5.20. The van der Waals surface area contributed by atoms with Gasteiger partial charge in [-0.3, -0.25) is 9.80 Å². The Balaban J connectivity index is 1.65. The van der Waals surface area contributed by atoms with Crippen LogP contribution in [0.2, 0.25) is 0 Å². The molecule has 0 spiro atoms. The highest BCUT2D eigenvalue weighted by Gasteiger charge is 2.45. The lowest BCUT2D eigenvalue weighted by Gasteiger charge is -2.39. The molecule has 2 aromatic rings. The van der Waals surface area contributed by atoms with Crippen molar-refractivity contribution in [3.05, 3.63) is 47.7 Å². The van der Waals surface area contributed by atoms with Crippen LogP contribution in [-0.2, 0) is 6.54 Å². The minimum absolute atomic E-state index is 0.283. The molecule has 3 rings (SSSR count). The van der Waals surface area contributed by atoms with Gasteiger partial charge in [0.1, 0.15) is 6.04 Å². The average molecular weight is 340 g/mol. The molecule has 1 aliphatic heterocycles. The summed E-state index contributed by atoms with van der Waals surface area (Å²) >= 11 is 0. The predicted molar refractivity (Wildman–Crippen MR) is 81.1 cm³/mol. The Morgan fingerprint density at radius 2 is 1.75 bits per heavy atom. The summed E-state index contributed by atoms with van der Waals surface area (Å²) < 4.78 is 46.0. The Morgan fingerprint density at radius 3 is 2.29 bits per heavy atom. The molecule has 1 aliphatic rings. The normalized spacial score (nSPS) is 18.7. The Bertz CT molecular complexity index is 651. The number of hydrogen-bond acceptors (Lipinski definition) is 5. The van der Waals surface area contributed by atoms with Crippen LogP contribution in [0.1, 0.15) is 23.4 Å². The third kappa shape index (κ3) is 3.93. The van der Waals surface area contributed by atoms with Gasteiger partial charge in [0.2, 0.25) is 11.8 Å². The molecule has 0 bridgehead atoms. The van der Waals surface area contributed by atoms with Gasteiger partial charge in [-0.1, -0.05) is 30.3 Å². The van der Waals surface area contributed by atoms with E-state index in [0.717, 1.165) is 0 Å². The SMILES string of the molecule is Cc1nnc(CN2CCN(C(c3ccccc3)C(F)(F)F)CC2)o1. The quantitative estimate of drug-likeness (QED) is 0.856. The number of nitrogens with zero attached hydrogens (tertiary/aromatic N) is 4. The number of hydrogen-bond donors (Lipinski definition) is 0. The van der Waals surface area contributed by atoms with E-state index in [1.165, 1.54) is 17.0 Å². The first-order chi connectivity index (χ1) is 11.4. The van der Waals surface area contributed by atoms with Crippen molar-refractivity contribution in [3.63, 3.8) is 0 Å². The van der Waals surface area contributed by atoms with E-state index >= 15 is 0 Å². The van der Waals surface area contributed by atoms with Crippen LogP contribution in [0, 0.1) is 6.92 Å². The van der Waals surface area contributed by atoms with Gasteiger partial charge < -0.3 is 4.42 Å². The molecule has 0 amide bonds. The van der Waals surface area contributed by atoms with Crippen LogP contribution in [0.25, 0.3) is 0 Å². The zero-order valence-corrected chi connectivity index (χ0v) is 13.3. The number of aryl methyl sites for hydroxylation is 1. The van der Waals surface area contributed by atoms with Crippen molar-refractivity contribution in [1.29, 1.82) is 0 Å². The summed E-state index contributed by atoms with van der Waals surface area (Å²) in [6.07, 6.45) is -4.30. The molecule has 1 aromatic heterocycles. The Kier molecular flexibility index (Phi) is 4.86. The lowest BCUT2D eigenvalue weighted by molar-refractivity contribution is -0.190. The number of aromatic nitrogens is 2. The summed E-state index contributed by atoms with van der Waals surface area (Å²) in [7, 11) is 0. The van der Waals surface area contributed by atoms with Gasteiger partial charge >= 0.3 is 6.18 Å². The topological polar surface area (TPSA) is 45.4 Å². The van der Waals surface area contributed by atoms with E-state index in [2.05, 4.69) is 10.2 Å². The Labute approximate surface area is 138 Å². The van der Waals surface area contributed by atoms with E-state index in [9.17, 15) is 13.2 Å². The molecular formula is C16H19F3N4O. The Morgan fingerprint density at radius 1 is 1.08 bits per heavy atom. The van der Waals surface area contributed by atoms with Crippen LogP contribution < -0.4 is 0 Å². The molecule has 0 radical (unpaired) electrons. The molecule has 1 fully saturated rings. The first kappa shape index (κ1) is 16.9. The second-order valence-electron chi connectivity index (χ2n) is 5.88.